The molecule has 3 aromatic carbocycles. The van der Waals surface area contributed by atoms with Gasteiger partial charge in [-0.05, 0) is 77.9 Å². The van der Waals surface area contributed by atoms with Gasteiger partial charge < -0.3 is 14.8 Å². The van der Waals surface area contributed by atoms with E-state index in [1.165, 1.54) is 23.9 Å². The summed E-state index contributed by atoms with van der Waals surface area (Å²) in [6.07, 6.45) is 1.75. The predicted octanol–water partition coefficient (Wildman–Crippen LogP) is 7.03. The van der Waals surface area contributed by atoms with Crippen molar-refractivity contribution in [1.29, 1.82) is 0 Å². The van der Waals surface area contributed by atoms with Crippen molar-refractivity contribution in [1.82, 2.24) is 5.32 Å². The first-order chi connectivity index (χ1) is 16.3. The minimum atomic E-state index is -0.300. The van der Waals surface area contributed by atoms with Gasteiger partial charge in [-0.1, -0.05) is 45.7 Å². The largest absolute Gasteiger partial charge is 0.493 e. The molecule has 1 aliphatic rings. The molecule has 0 aliphatic carbocycles. The Labute approximate surface area is 214 Å². The number of amides is 1. The highest BCUT2D eigenvalue weighted by Gasteiger charge is 2.25. The van der Waals surface area contributed by atoms with Gasteiger partial charge in [0.25, 0.3) is 5.91 Å². The Kier molecular flexibility index (Phi) is 7.60. The molecule has 0 saturated carbocycles. The number of aliphatic imine (C=N–C) groups is 1. The van der Waals surface area contributed by atoms with Gasteiger partial charge in [0.15, 0.2) is 16.7 Å². The molecule has 0 unspecified atom stereocenters. The molecule has 5 nitrogen and oxygen atoms in total. The number of rotatable bonds is 6. The molecule has 0 bridgehead atoms. The standard InChI is InChI=1S/C25H19BrClFN2O3S/c1-14-19(27)4-3-5-20(14)29-25-30-24(31)23(34-25)11-16-10-21(32-2)22(12-18(16)26)33-13-15-6-8-17(28)9-7-15/h3-12H,13H2,1-2H3,(H,29,30,31)/b23-11+. The third-order valence-corrected chi connectivity index (χ3v) is 7.00. The van der Waals surface area contributed by atoms with E-state index in [2.05, 4.69) is 26.2 Å². The molecular weight excluding hydrogens is 543 g/mol. The summed E-state index contributed by atoms with van der Waals surface area (Å²) in [5.41, 5.74) is 3.10. The third-order valence-electron chi connectivity index (χ3n) is 4.99. The van der Waals surface area contributed by atoms with Crippen LogP contribution >= 0.6 is 39.3 Å². The molecule has 174 valence electrons. The summed E-state index contributed by atoms with van der Waals surface area (Å²) in [4.78, 5) is 17.6. The van der Waals surface area contributed by atoms with Crippen molar-refractivity contribution in [2.75, 3.05) is 7.11 Å². The summed E-state index contributed by atoms with van der Waals surface area (Å²) in [5.74, 6) is 0.476. The van der Waals surface area contributed by atoms with Crippen molar-refractivity contribution in [3.8, 4) is 11.5 Å². The Hall–Kier alpha value is -2.81. The minimum absolute atomic E-state index is 0.245. The normalized spacial score (nSPS) is 15.6. The molecule has 1 fully saturated rings. The molecule has 0 atom stereocenters. The number of nitrogens with one attached hydrogen (secondary N) is 1. The zero-order chi connectivity index (χ0) is 24.2. The number of thioether (sulfide) groups is 1. The van der Waals surface area contributed by atoms with E-state index in [1.54, 1.807) is 43.5 Å². The second kappa shape index (κ2) is 10.6. The second-order valence-corrected chi connectivity index (χ2v) is 9.60. The van der Waals surface area contributed by atoms with Gasteiger partial charge in [-0.3, -0.25) is 4.79 Å². The van der Waals surface area contributed by atoms with E-state index in [0.29, 0.717) is 32.3 Å². The molecule has 0 radical (unpaired) electrons. The van der Waals surface area contributed by atoms with E-state index in [9.17, 15) is 9.18 Å². The maximum absolute atomic E-state index is 13.1. The lowest BCUT2D eigenvalue weighted by atomic mass is 10.1. The van der Waals surface area contributed by atoms with Crippen molar-refractivity contribution < 1.29 is 18.7 Å². The predicted molar refractivity (Wildman–Crippen MR) is 138 cm³/mol. The Morgan fingerprint density at radius 2 is 1.94 bits per heavy atom. The number of nitrogens with zero attached hydrogens (tertiary/aromatic N) is 1. The van der Waals surface area contributed by atoms with E-state index in [0.717, 1.165) is 21.2 Å². The van der Waals surface area contributed by atoms with Gasteiger partial charge in [-0.25, -0.2) is 9.38 Å². The highest BCUT2D eigenvalue weighted by Crippen LogP contribution is 2.37. The van der Waals surface area contributed by atoms with Crippen LogP contribution in [0.4, 0.5) is 10.1 Å². The number of methoxy groups -OCH3 is 1. The van der Waals surface area contributed by atoms with Gasteiger partial charge >= 0.3 is 0 Å². The number of hydrogen-bond donors (Lipinski definition) is 1. The highest BCUT2D eigenvalue weighted by molar-refractivity contribution is 9.10. The van der Waals surface area contributed by atoms with Crippen molar-refractivity contribution in [2.24, 2.45) is 4.99 Å². The number of benzene rings is 3. The number of ether oxygens (including phenoxy) is 2. The van der Waals surface area contributed by atoms with Crippen LogP contribution in [0.15, 0.2) is 69.0 Å². The minimum Gasteiger partial charge on any atom is -0.493 e. The molecule has 1 N–H and O–H groups in total. The fourth-order valence-electron chi connectivity index (χ4n) is 3.12. The molecule has 34 heavy (non-hydrogen) atoms. The monoisotopic (exact) mass is 560 g/mol. The first-order valence-corrected chi connectivity index (χ1v) is 12.1. The Balaban J connectivity index is 1.55. The average molecular weight is 562 g/mol. The van der Waals surface area contributed by atoms with Crippen molar-refractivity contribution in [2.45, 2.75) is 13.5 Å². The van der Waals surface area contributed by atoms with E-state index >= 15 is 0 Å². The lowest BCUT2D eigenvalue weighted by molar-refractivity contribution is -0.115. The fraction of sp³-hybridized carbons (Fsp3) is 0.120. The summed E-state index contributed by atoms with van der Waals surface area (Å²) in [6.45, 7) is 2.13. The first kappa shape index (κ1) is 24.3. The summed E-state index contributed by atoms with van der Waals surface area (Å²) in [7, 11) is 1.54. The van der Waals surface area contributed by atoms with Crippen molar-refractivity contribution in [3.63, 3.8) is 0 Å². The third kappa shape index (κ3) is 5.63. The van der Waals surface area contributed by atoms with Crippen LogP contribution < -0.4 is 14.8 Å². The van der Waals surface area contributed by atoms with Crippen LogP contribution in [0.5, 0.6) is 11.5 Å². The Morgan fingerprint density at radius 1 is 1.18 bits per heavy atom. The van der Waals surface area contributed by atoms with E-state index in [1.807, 2.05) is 19.1 Å². The molecule has 3 aromatic rings. The Morgan fingerprint density at radius 3 is 2.68 bits per heavy atom. The molecule has 4 rings (SSSR count). The summed E-state index contributed by atoms with van der Waals surface area (Å²) < 4.78 is 25.2. The number of hydrogen-bond acceptors (Lipinski definition) is 5. The topological polar surface area (TPSA) is 59.9 Å². The van der Waals surface area contributed by atoms with Gasteiger partial charge in [0.05, 0.1) is 17.7 Å². The van der Waals surface area contributed by atoms with Crippen LogP contribution in [0.2, 0.25) is 5.02 Å². The van der Waals surface area contributed by atoms with Crippen LogP contribution in [-0.2, 0) is 11.4 Å². The van der Waals surface area contributed by atoms with Gasteiger partial charge in [-0.15, -0.1) is 0 Å². The van der Waals surface area contributed by atoms with Crippen LogP contribution in [0.1, 0.15) is 16.7 Å². The van der Waals surface area contributed by atoms with Crippen LogP contribution in [0, 0.1) is 12.7 Å². The molecule has 1 aliphatic heterocycles. The quantitative estimate of drug-likeness (QED) is 0.328. The van der Waals surface area contributed by atoms with E-state index < -0.39 is 0 Å². The summed E-state index contributed by atoms with van der Waals surface area (Å²) >= 11 is 11.0. The summed E-state index contributed by atoms with van der Waals surface area (Å²) in [6, 6.07) is 15.1. The first-order valence-electron chi connectivity index (χ1n) is 10.1. The number of halogens is 3. The molecule has 1 heterocycles. The SMILES string of the molecule is COc1cc(/C=C2/SC(=Nc3cccc(Cl)c3C)NC2=O)c(Br)cc1OCc1ccc(F)cc1. The lowest BCUT2D eigenvalue weighted by Crippen LogP contribution is -2.19. The van der Waals surface area contributed by atoms with E-state index in [4.69, 9.17) is 21.1 Å². The highest BCUT2D eigenvalue weighted by atomic mass is 79.9. The lowest BCUT2D eigenvalue weighted by Gasteiger charge is -2.13. The molecule has 1 saturated heterocycles. The zero-order valence-electron chi connectivity index (χ0n) is 18.2. The molecule has 0 aromatic heterocycles. The maximum Gasteiger partial charge on any atom is 0.264 e. The average Bonchev–Trinajstić information content (AvgIpc) is 3.16. The number of carbonyl (C=O) groups is 1. The van der Waals surface area contributed by atoms with Crippen molar-refractivity contribution >= 4 is 62.1 Å². The molecule has 1 amide bonds. The van der Waals surface area contributed by atoms with Gasteiger partial charge in [0.1, 0.15) is 12.4 Å². The van der Waals surface area contributed by atoms with Gasteiger partial charge in [0.2, 0.25) is 0 Å². The Bertz CT molecular complexity index is 1310. The maximum atomic E-state index is 13.1. The van der Waals surface area contributed by atoms with Crippen LogP contribution in [0.3, 0.4) is 0 Å². The van der Waals surface area contributed by atoms with Gasteiger partial charge in [-0.2, -0.15) is 0 Å². The van der Waals surface area contributed by atoms with E-state index in [-0.39, 0.29) is 18.3 Å². The smallest absolute Gasteiger partial charge is 0.264 e. The molecule has 0 spiro atoms. The molecule has 9 heteroatoms. The van der Waals surface area contributed by atoms with Crippen molar-refractivity contribution in [3.05, 3.63) is 91.5 Å². The molecular formula is C25H19BrClFN2O3S. The zero-order valence-corrected chi connectivity index (χ0v) is 21.4. The number of carbonyl (C=O) groups excluding carboxylic acids is 1. The van der Waals surface area contributed by atoms with Crippen LogP contribution in [-0.4, -0.2) is 18.2 Å². The van der Waals surface area contributed by atoms with Crippen LogP contribution in [0.25, 0.3) is 6.08 Å². The summed E-state index contributed by atoms with van der Waals surface area (Å²) in [5, 5.41) is 3.88. The number of amidine groups is 1. The second-order valence-electron chi connectivity index (χ2n) is 7.31. The fourth-order valence-corrected chi connectivity index (χ4v) is 4.56. The van der Waals surface area contributed by atoms with Gasteiger partial charge in [0, 0.05) is 9.50 Å².